The first-order chi connectivity index (χ1) is 8.24. The van der Waals surface area contributed by atoms with Crippen molar-refractivity contribution in [3.63, 3.8) is 0 Å². The van der Waals surface area contributed by atoms with Crippen LogP contribution in [0.15, 0.2) is 10.9 Å². The molecule has 1 aliphatic carbocycles. The second-order valence-corrected chi connectivity index (χ2v) is 5.97. The van der Waals surface area contributed by atoms with Gasteiger partial charge in [-0.2, -0.15) is 0 Å². The van der Waals surface area contributed by atoms with Crippen molar-refractivity contribution in [1.29, 1.82) is 0 Å². The Labute approximate surface area is 108 Å². The van der Waals surface area contributed by atoms with Crippen molar-refractivity contribution in [3.05, 3.63) is 16.6 Å². The molecule has 1 saturated carbocycles. The van der Waals surface area contributed by atoms with Crippen LogP contribution >= 0.6 is 11.3 Å². The average Bonchev–Trinajstić information content (AvgIpc) is 3.07. The normalized spacial score (nSPS) is 19.2. The van der Waals surface area contributed by atoms with E-state index in [0.717, 1.165) is 32.0 Å². The molecule has 1 fully saturated rings. The summed E-state index contributed by atoms with van der Waals surface area (Å²) >= 11 is 1.69. The third-order valence-electron chi connectivity index (χ3n) is 3.64. The van der Waals surface area contributed by atoms with Gasteiger partial charge < -0.3 is 10.1 Å². The molecule has 0 saturated heterocycles. The summed E-state index contributed by atoms with van der Waals surface area (Å²) in [5.41, 5.74) is 3.54. The largest absolute Gasteiger partial charge is 0.383 e. The highest BCUT2D eigenvalue weighted by Gasteiger charge is 2.41. The van der Waals surface area contributed by atoms with Crippen molar-refractivity contribution in [3.8, 4) is 0 Å². The average molecular weight is 254 g/mol. The van der Waals surface area contributed by atoms with Crippen LogP contribution in [0.4, 0.5) is 0 Å². The number of thiazole rings is 1. The number of aromatic nitrogens is 1. The lowest BCUT2D eigenvalue weighted by Crippen LogP contribution is -2.37. The molecule has 1 aromatic rings. The molecule has 0 aromatic carbocycles. The lowest BCUT2D eigenvalue weighted by atomic mass is 9.80. The maximum absolute atomic E-state index is 5.07. The number of rotatable bonds is 8. The van der Waals surface area contributed by atoms with Crippen molar-refractivity contribution >= 4 is 11.3 Å². The molecule has 0 bridgehead atoms. The summed E-state index contributed by atoms with van der Waals surface area (Å²) in [5, 5.41) is 5.69. The summed E-state index contributed by atoms with van der Waals surface area (Å²) in [6.07, 6.45) is 3.86. The Hall–Kier alpha value is -0.450. The predicted octanol–water partition coefficient (Wildman–Crippen LogP) is 2.34. The van der Waals surface area contributed by atoms with Gasteiger partial charge in [0, 0.05) is 25.6 Å². The number of hydrogen-bond acceptors (Lipinski definition) is 4. The Bertz CT molecular complexity index is 324. The number of hydrogen-bond donors (Lipinski definition) is 1. The van der Waals surface area contributed by atoms with E-state index in [1.807, 2.05) is 5.51 Å². The summed E-state index contributed by atoms with van der Waals surface area (Å²) in [6.45, 7) is 5.19. The highest BCUT2D eigenvalue weighted by atomic mass is 32.1. The Morgan fingerprint density at radius 3 is 3.00 bits per heavy atom. The molecule has 0 amide bonds. The van der Waals surface area contributed by atoms with Crippen LogP contribution in [0.1, 0.15) is 25.5 Å². The SMILES string of the molecule is COCCNCC(C)(Cc1cscn1)C1CC1. The van der Waals surface area contributed by atoms with E-state index in [1.54, 1.807) is 18.4 Å². The third-order valence-corrected chi connectivity index (χ3v) is 4.28. The molecule has 96 valence electrons. The topological polar surface area (TPSA) is 34.1 Å². The molecule has 1 aliphatic rings. The van der Waals surface area contributed by atoms with E-state index in [9.17, 15) is 0 Å². The van der Waals surface area contributed by atoms with Gasteiger partial charge in [-0.3, -0.25) is 0 Å². The van der Waals surface area contributed by atoms with Gasteiger partial charge in [-0.05, 0) is 30.6 Å². The number of nitrogens with zero attached hydrogens (tertiary/aromatic N) is 1. The molecule has 2 rings (SSSR count). The highest BCUT2D eigenvalue weighted by Crippen LogP contribution is 2.46. The van der Waals surface area contributed by atoms with Gasteiger partial charge in [-0.1, -0.05) is 6.92 Å². The molecule has 3 nitrogen and oxygen atoms in total. The molecule has 1 heterocycles. The minimum absolute atomic E-state index is 0.363. The van der Waals surface area contributed by atoms with Crippen molar-refractivity contribution in [2.24, 2.45) is 11.3 Å². The van der Waals surface area contributed by atoms with Crippen LogP contribution in [0.3, 0.4) is 0 Å². The van der Waals surface area contributed by atoms with Gasteiger partial charge >= 0.3 is 0 Å². The Morgan fingerprint density at radius 1 is 1.59 bits per heavy atom. The first-order valence-corrected chi connectivity index (χ1v) is 7.25. The van der Waals surface area contributed by atoms with Gasteiger partial charge in [0.15, 0.2) is 0 Å². The molecule has 1 aromatic heterocycles. The van der Waals surface area contributed by atoms with Crippen LogP contribution < -0.4 is 5.32 Å². The van der Waals surface area contributed by atoms with Gasteiger partial charge in [0.2, 0.25) is 0 Å². The lowest BCUT2D eigenvalue weighted by Gasteiger charge is -2.29. The highest BCUT2D eigenvalue weighted by molar-refractivity contribution is 7.07. The second-order valence-electron chi connectivity index (χ2n) is 5.25. The van der Waals surface area contributed by atoms with Crippen LogP contribution in [-0.4, -0.2) is 31.8 Å². The summed E-state index contributed by atoms with van der Waals surface area (Å²) in [7, 11) is 1.75. The monoisotopic (exact) mass is 254 g/mol. The molecule has 4 heteroatoms. The standard InChI is InChI=1S/C13H22N2OS/c1-13(11-3-4-11,9-14-5-6-16-2)7-12-8-17-10-15-12/h8,10-11,14H,3-7,9H2,1-2H3. The fraction of sp³-hybridized carbons (Fsp3) is 0.769. The maximum atomic E-state index is 5.07. The van der Waals surface area contributed by atoms with Gasteiger partial charge in [0.1, 0.15) is 0 Å². The third kappa shape index (κ3) is 3.76. The summed E-state index contributed by atoms with van der Waals surface area (Å²) in [4.78, 5) is 4.42. The minimum atomic E-state index is 0.363. The van der Waals surface area contributed by atoms with Crippen molar-refractivity contribution in [1.82, 2.24) is 10.3 Å². The predicted molar refractivity (Wildman–Crippen MR) is 71.4 cm³/mol. The Balaban J connectivity index is 1.85. The van der Waals surface area contributed by atoms with Crippen LogP contribution in [0.25, 0.3) is 0 Å². The molecule has 1 atom stereocenters. The summed E-state index contributed by atoms with van der Waals surface area (Å²) < 4.78 is 5.07. The first-order valence-electron chi connectivity index (χ1n) is 6.31. The molecule has 17 heavy (non-hydrogen) atoms. The van der Waals surface area contributed by atoms with E-state index in [1.165, 1.54) is 18.5 Å². The van der Waals surface area contributed by atoms with E-state index in [2.05, 4.69) is 22.6 Å². The quantitative estimate of drug-likeness (QED) is 0.723. The zero-order valence-corrected chi connectivity index (χ0v) is 11.6. The van der Waals surface area contributed by atoms with Gasteiger partial charge in [0.25, 0.3) is 0 Å². The Kier molecular flexibility index (Phi) is 4.54. The Morgan fingerprint density at radius 2 is 2.41 bits per heavy atom. The van der Waals surface area contributed by atoms with Crippen molar-refractivity contribution in [2.45, 2.75) is 26.2 Å². The smallest absolute Gasteiger partial charge is 0.0794 e. The molecule has 0 spiro atoms. The van der Waals surface area contributed by atoms with Crippen LogP contribution in [-0.2, 0) is 11.2 Å². The molecule has 1 unspecified atom stereocenters. The first kappa shape index (κ1) is 13.0. The lowest BCUT2D eigenvalue weighted by molar-refractivity contribution is 0.187. The molecule has 0 aliphatic heterocycles. The maximum Gasteiger partial charge on any atom is 0.0794 e. The van der Waals surface area contributed by atoms with E-state index < -0.39 is 0 Å². The second kappa shape index (κ2) is 5.94. The number of nitrogens with one attached hydrogen (secondary N) is 1. The molecule has 0 radical (unpaired) electrons. The fourth-order valence-electron chi connectivity index (χ4n) is 2.42. The van der Waals surface area contributed by atoms with Crippen molar-refractivity contribution in [2.75, 3.05) is 26.8 Å². The van der Waals surface area contributed by atoms with Crippen molar-refractivity contribution < 1.29 is 4.74 Å². The zero-order chi connectivity index (χ0) is 12.1. The molecular formula is C13H22N2OS. The van der Waals surface area contributed by atoms with Crippen LogP contribution in [0, 0.1) is 11.3 Å². The number of ether oxygens (including phenoxy) is 1. The van der Waals surface area contributed by atoms with E-state index in [-0.39, 0.29) is 0 Å². The van der Waals surface area contributed by atoms with Crippen LogP contribution in [0.2, 0.25) is 0 Å². The van der Waals surface area contributed by atoms with E-state index in [0.29, 0.717) is 5.41 Å². The zero-order valence-electron chi connectivity index (χ0n) is 10.7. The van der Waals surface area contributed by atoms with E-state index >= 15 is 0 Å². The molecular weight excluding hydrogens is 232 g/mol. The van der Waals surface area contributed by atoms with Crippen LogP contribution in [0.5, 0.6) is 0 Å². The van der Waals surface area contributed by atoms with E-state index in [4.69, 9.17) is 4.74 Å². The molecule has 1 N–H and O–H groups in total. The fourth-order valence-corrected chi connectivity index (χ4v) is 2.98. The summed E-state index contributed by atoms with van der Waals surface area (Å²) in [6, 6.07) is 0. The number of methoxy groups -OCH3 is 1. The van der Waals surface area contributed by atoms with Gasteiger partial charge in [-0.25, -0.2) is 4.98 Å². The van der Waals surface area contributed by atoms with Gasteiger partial charge in [0.05, 0.1) is 17.8 Å². The summed E-state index contributed by atoms with van der Waals surface area (Å²) in [5.74, 6) is 0.874. The van der Waals surface area contributed by atoms with Gasteiger partial charge in [-0.15, -0.1) is 11.3 Å². The minimum Gasteiger partial charge on any atom is -0.383 e.